The first-order valence-corrected chi connectivity index (χ1v) is 15.0. The summed E-state index contributed by atoms with van der Waals surface area (Å²) in [5.41, 5.74) is 0. The summed E-state index contributed by atoms with van der Waals surface area (Å²) < 4.78 is 22.0. The first kappa shape index (κ1) is 38.8. The number of thiol groups is 1. The van der Waals surface area contributed by atoms with Crippen molar-refractivity contribution in [1.82, 2.24) is 4.90 Å². The van der Waals surface area contributed by atoms with Crippen molar-refractivity contribution in [2.24, 2.45) is 0 Å². The van der Waals surface area contributed by atoms with Crippen LogP contribution in [0.25, 0.3) is 0 Å². The van der Waals surface area contributed by atoms with Crippen LogP contribution >= 0.6 is 24.8 Å². The molecule has 0 spiro atoms. The van der Waals surface area contributed by atoms with Crippen LogP contribution in [0.2, 0.25) is 0 Å². The van der Waals surface area contributed by atoms with Gasteiger partial charge >= 0.3 is 0 Å². The fraction of sp³-hybridized carbons (Fsp3) is 0.960. The molecule has 2 aliphatic rings. The lowest BCUT2D eigenvalue weighted by Gasteiger charge is -2.46. The molecule has 16 nitrogen and oxygen atoms in total. The molecule has 2 saturated heterocycles. The average Bonchev–Trinajstić information content (AvgIpc) is 2.99. The molecule has 2 aliphatic heterocycles. The topological polar surface area (TPSA) is 263 Å². The van der Waals surface area contributed by atoms with Crippen LogP contribution in [0.4, 0.5) is 0 Å². The van der Waals surface area contributed by atoms with E-state index in [-0.39, 0.29) is 10.9 Å². The van der Waals surface area contributed by atoms with Crippen molar-refractivity contribution in [3.05, 3.63) is 0 Å². The van der Waals surface area contributed by atoms with E-state index < -0.39 is 106 Å². The quantitative estimate of drug-likeness (QED) is 0.0395. The molecule has 43 heavy (non-hydrogen) atoms. The zero-order valence-corrected chi connectivity index (χ0v) is 25.5. The van der Waals surface area contributed by atoms with E-state index in [4.69, 9.17) is 31.2 Å². The van der Waals surface area contributed by atoms with E-state index in [0.29, 0.717) is 6.54 Å². The van der Waals surface area contributed by atoms with E-state index in [2.05, 4.69) is 19.6 Å². The highest BCUT2D eigenvalue weighted by molar-refractivity contribution is 8.10. The first-order valence-electron chi connectivity index (χ1n) is 14.2. The summed E-state index contributed by atoms with van der Waals surface area (Å²) in [7, 11) is 0. The van der Waals surface area contributed by atoms with Crippen molar-refractivity contribution in [3.8, 4) is 0 Å². The molecule has 0 radical (unpaired) electrons. The molecular weight excluding hydrogens is 618 g/mol. The molecule has 0 aromatic heterocycles. The number of thiocarbonyl (C=S) groups is 1. The highest BCUT2D eigenvalue weighted by Gasteiger charge is 2.51. The second-order valence-corrected chi connectivity index (χ2v) is 11.8. The number of hydrogen-bond donors (Lipinski definition) is 12. The molecule has 0 aliphatic carbocycles. The van der Waals surface area contributed by atoms with Crippen LogP contribution in [0.3, 0.4) is 0 Å². The van der Waals surface area contributed by atoms with Crippen LogP contribution in [0.1, 0.15) is 32.6 Å². The summed E-state index contributed by atoms with van der Waals surface area (Å²) in [5.74, 6) is 0. The highest BCUT2D eigenvalue weighted by atomic mass is 32.1. The Morgan fingerprint density at radius 3 is 1.98 bits per heavy atom. The minimum absolute atomic E-state index is 0.160. The van der Waals surface area contributed by atoms with Crippen LogP contribution in [-0.2, 0) is 18.9 Å². The zero-order chi connectivity index (χ0) is 32.4. The van der Waals surface area contributed by atoms with Crippen molar-refractivity contribution in [1.29, 1.82) is 0 Å². The predicted octanol–water partition coefficient (Wildman–Crippen LogP) is -4.83. The van der Waals surface area contributed by atoms with Crippen LogP contribution in [0.5, 0.6) is 0 Å². The summed E-state index contributed by atoms with van der Waals surface area (Å²) in [6.07, 6.45) is -20.6. The largest absolute Gasteiger partial charge is 0.394 e. The van der Waals surface area contributed by atoms with Gasteiger partial charge in [-0.1, -0.05) is 38.4 Å². The summed E-state index contributed by atoms with van der Waals surface area (Å²) >= 11 is 9.29. The van der Waals surface area contributed by atoms with Crippen molar-refractivity contribution < 1.29 is 75.1 Å². The van der Waals surface area contributed by atoms with E-state index in [9.17, 15) is 56.2 Å². The van der Waals surface area contributed by atoms with Gasteiger partial charge in [-0.15, -0.1) is 12.6 Å². The number of rotatable bonds is 17. The van der Waals surface area contributed by atoms with E-state index in [0.717, 1.165) is 25.7 Å². The second kappa shape index (κ2) is 18.7. The van der Waals surface area contributed by atoms with Crippen LogP contribution < -0.4 is 0 Å². The molecule has 2 rings (SSSR count). The number of nitrogens with zero attached hydrogens (tertiary/aromatic N) is 1. The SMILES string of the molecule is CCCCCCN(C[C@H](O)[C@@H](O)[C@H](O[C@H]1O[C@H](CO)[C@@H](O[C@H]2O[C@H](CO)[C@@H](O)[C@H](O)[C@H]2O)[C@H](O)[C@H]1O)[C@H](O)CO)C(=S)S. The van der Waals surface area contributed by atoms with Gasteiger partial charge in [-0.3, -0.25) is 0 Å². The molecule has 0 aromatic carbocycles. The first-order chi connectivity index (χ1) is 20.3. The minimum atomic E-state index is -1.98. The van der Waals surface area contributed by atoms with Crippen molar-refractivity contribution in [2.45, 2.75) is 118 Å². The van der Waals surface area contributed by atoms with E-state index in [1.54, 1.807) is 4.90 Å². The molecule has 0 amide bonds. The minimum Gasteiger partial charge on any atom is -0.394 e. The third kappa shape index (κ3) is 10.3. The van der Waals surface area contributed by atoms with Gasteiger partial charge in [-0.2, -0.15) is 0 Å². The summed E-state index contributed by atoms with van der Waals surface area (Å²) in [4.78, 5) is 1.54. The maximum Gasteiger partial charge on any atom is 0.187 e. The second-order valence-electron chi connectivity index (χ2n) is 10.7. The fourth-order valence-corrected chi connectivity index (χ4v) is 5.22. The zero-order valence-electron chi connectivity index (χ0n) is 23.8. The van der Waals surface area contributed by atoms with Gasteiger partial charge in [-0.25, -0.2) is 0 Å². The molecule has 254 valence electrons. The predicted molar refractivity (Wildman–Crippen MR) is 154 cm³/mol. The van der Waals surface area contributed by atoms with Gasteiger partial charge in [0, 0.05) is 13.1 Å². The van der Waals surface area contributed by atoms with Crippen LogP contribution in [0, 0.1) is 0 Å². The molecule has 14 atom stereocenters. The van der Waals surface area contributed by atoms with Gasteiger partial charge in [0.2, 0.25) is 0 Å². The van der Waals surface area contributed by atoms with Gasteiger partial charge in [0.05, 0.1) is 19.8 Å². The summed E-state index contributed by atoms with van der Waals surface area (Å²) in [5, 5.41) is 113. The Kier molecular flexibility index (Phi) is 16.9. The highest BCUT2D eigenvalue weighted by Crippen LogP contribution is 2.30. The Labute approximate surface area is 260 Å². The maximum absolute atomic E-state index is 10.9. The Hall–Kier alpha value is -0.360. The molecule has 0 saturated carbocycles. The number of hydrogen-bond acceptors (Lipinski definition) is 16. The van der Waals surface area contributed by atoms with Gasteiger partial charge in [0.15, 0.2) is 12.6 Å². The number of aliphatic hydroxyl groups is 11. The van der Waals surface area contributed by atoms with Crippen LogP contribution in [0.15, 0.2) is 0 Å². The molecule has 0 unspecified atom stereocenters. The fourth-order valence-electron chi connectivity index (χ4n) is 4.87. The van der Waals surface area contributed by atoms with Crippen LogP contribution in [-0.4, -0.2) is 184 Å². The van der Waals surface area contributed by atoms with Crippen molar-refractivity contribution in [3.63, 3.8) is 0 Å². The van der Waals surface area contributed by atoms with E-state index in [1.807, 2.05) is 0 Å². The Morgan fingerprint density at radius 1 is 0.814 bits per heavy atom. The average molecular weight is 666 g/mol. The third-order valence-corrected chi connectivity index (χ3v) is 8.05. The molecule has 2 heterocycles. The smallest absolute Gasteiger partial charge is 0.187 e. The molecule has 18 heteroatoms. The standard InChI is InChI=1S/C25H47NO15S2/c1-2-3-4-5-6-26(25(42)43)7-11(30)15(32)21(12(31)8-27)40-24-20(37)18(35)22(14(10-29)39-24)41-23-19(36)17(34)16(33)13(9-28)38-23/h11-24,27-37H,2-10H2,1H3,(H,42,43)/t11-,12+,13+,14+,15+,16+,17-,18+,19+,20+,21+,22+,23+,24+/m0/s1. The monoisotopic (exact) mass is 665 g/mol. The van der Waals surface area contributed by atoms with E-state index >= 15 is 0 Å². The molecule has 0 aromatic rings. The number of unbranched alkanes of at least 4 members (excludes halogenated alkanes) is 3. The van der Waals surface area contributed by atoms with E-state index in [1.165, 1.54) is 0 Å². The van der Waals surface area contributed by atoms with Gasteiger partial charge in [0.1, 0.15) is 77.6 Å². The van der Waals surface area contributed by atoms with Gasteiger partial charge in [-0.05, 0) is 6.42 Å². The lowest BCUT2D eigenvalue weighted by molar-refractivity contribution is -0.367. The Bertz CT molecular complexity index is 817. The Morgan fingerprint density at radius 2 is 1.42 bits per heavy atom. The lowest BCUT2D eigenvalue weighted by Crippen LogP contribution is -2.65. The van der Waals surface area contributed by atoms with Gasteiger partial charge < -0.3 is 80.0 Å². The number of ether oxygens (including phenoxy) is 4. The molecule has 0 bridgehead atoms. The number of aliphatic hydroxyl groups excluding tert-OH is 11. The Balaban J connectivity index is 2.14. The maximum atomic E-state index is 10.9. The molecule has 2 fully saturated rings. The van der Waals surface area contributed by atoms with Gasteiger partial charge in [0.25, 0.3) is 0 Å². The lowest BCUT2D eigenvalue weighted by atomic mass is 9.96. The van der Waals surface area contributed by atoms with Crippen molar-refractivity contribution >= 4 is 29.2 Å². The molecular formula is C25H47NO15S2. The summed E-state index contributed by atoms with van der Waals surface area (Å²) in [6, 6.07) is 0. The summed E-state index contributed by atoms with van der Waals surface area (Å²) in [6.45, 7) is -0.261. The van der Waals surface area contributed by atoms with Crippen molar-refractivity contribution in [2.75, 3.05) is 32.9 Å². The third-order valence-electron chi connectivity index (χ3n) is 7.51. The molecule has 11 N–H and O–H groups in total. The normalized spacial score (nSPS) is 36.1.